The number of aromatic nitrogens is 1. The lowest BCUT2D eigenvalue weighted by molar-refractivity contribution is -0.384. The summed E-state index contributed by atoms with van der Waals surface area (Å²) in [5.74, 6) is 0.695. The number of nitrogens with one attached hydrogen (secondary N) is 1. The molecule has 1 saturated heterocycles. The first-order chi connectivity index (χ1) is 12.0. The fourth-order valence-corrected chi connectivity index (χ4v) is 3.49. The van der Waals surface area contributed by atoms with Crippen molar-refractivity contribution in [3.63, 3.8) is 0 Å². The number of nitrogens with zero attached hydrogens (tertiary/aromatic N) is 3. The average Bonchev–Trinajstić information content (AvgIpc) is 2.97. The Morgan fingerprint density at radius 2 is 2.24 bits per heavy atom. The Bertz CT molecular complexity index is 771. The molecule has 7 heteroatoms. The monoisotopic (exact) mass is 344 g/mol. The summed E-state index contributed by atoms with van der Waals surface area (Å²) in [5, 5.41) is 14.6. The van der Waals surface area contributed by atoms with Crippen LogP contribution in [0.2, 0.25) is 0 Å². The fourth-order valence-electron chi connectivity index (χ4n) is 3.49. The highest BCUT2D eigenvalue weighted by Crippen LogP contribution is 2.21. The highest BCUT2D eigenvalue weighted by molar-refractivity contribution is 5.85. The van der Waals surface area contributed by atoms with Crippen LogP contribution in [0.5, 0.6) is 0 Å². The van der Waals surface area contributed by atoms with E-state index in [2.05, 4.69) is 17.1 Å². The SMILES string of the molecule is C[C@@H]1CCCN(CCNC(=O)Cn2ccc3cc([N+](=O)[O-])ccc32)C1. The van der Waals surface area contributed by atoms with E-state index in [0.717, 1.165) is 36.5 Å². The van der Waals surface area contributed by atoms with Crippen LogP contribution < -0.4 is 5.32 Å². The van der Waals surface area contributed by atoms with Crippen molar-refractivity contribution in [1.82, 2.24) is 14.8 Å². The number of rotatable bonds is 6. The molecule has 3 rings (SSSR count). The summed E-state index contributed by atoms with van der Waals surface area (Å²) in [6, 6.07) is 6.48. The minimum Gasteiger partial charge on any atom is -0.353 e. The number of carbonyl (C=O) groups excluding carboxylic acids is 1. The second-order valence-corrected chi connectivity index (χ2v) is 6.84. The summed E-state index contributed by atoms with van der Waals surface area (Å²) in [6.45, 7) is 6.24. The van der Waals surface area contributed by atoms with Gasteiger partial charge in [-0.1, -0.05) is 6.92 Å². The lowest BCUT2D eigenvalue weighted by Crippen LogP contribution is -2.40. The van der Waals surface area contributed by atoms with E-state index in [9.17, 15) is 14.9 Å². The molecule has 2 heterocycles. The molecule has 1 aromatic heterocycles. The van der Waals surface area contributed by atoms with Gasteiger partial charge in [0.25, 0.3) is 5.69 Å². The maximum atomic E-state index is 12.2. The van der Waals surface area contributed by atoms with E-state index in [0.29, 0.717) is 6.54 Å². The Kier molecular flexibility index (Phi) is 5.33. The molecular formula is C18H24N4O3. The van der Waals surface area contributed by atoms with Crippen LogP contribution in [-0.2, 0) is 11.3 Å². The van der Waals surface area contributed by atoms with E-state index >= 15 is 0 Å². The number of nitro groups is 1. The topological polar surface area (TPSA) is 80.4 Å². The van der Waals surface area contributed by atoms with Crippen molar-refractivity contribution in [3.05, 3.63) is 40.6 Å². The van der Waals surface area contributed by atoms with Crippen molar-refractivity contribution in [2.45, 2.75) is 26.3 Å². The van der Waals surface area contributed by atoms with Gasteiger partial charge in [0.05, 0.1) is 4.92 Å². The molecule has 0 bridgehead atoms. The molecule has 0 unspecified atom stereocenters. The van der Waals surface area contributed by atoms with E-state index < -0.39 is 4.92 Å². The van der Waals surface area contributed by atoms with Gasteiger partial charge in [0.1, 0.15) is 6.54 Å². The third kappa shape index (κ3) is 4.36. The van der Waals surface area contributed by atoms with Crippen LogP contribution in [0.3, 0.4) is 0 Å². The fraction of sp³-hybridized carbons (Fsp3) is 0.500. The molecule has 2 aromatic rings. The first-order valence-electron chi connectivity index (χ1n) is 8.75. The zero-order valence-electron chi connectivity index (χ0n) is 14.5. The van der Waals surface area contributed by atoms with Gasteiger partial charge in [-0.05, 0) is 37.4 Å². The normalized spacial score (nSPS) is 18.4. The van der Waals surface area contributed by atoms with Crippen molar-refractivity contribution in [1.29, 1.82) is 0 Å². The van der Waals surface area contributed by atoms with Crippen LogP contribution in [-0.4, -0.2) is 46.5 Å². The number of likely N-dealkylation sites (tertiary alicyclic amines) is 1. The van der Waals surface area contributed by atoms with Gasteiger partial charge in [0, 0.05) is 48.9 Å². The molecule has 25 heavy (non-hydrogen) atoms. The van der Waals surface area contributed by atoms with Crippen molar-refractivity contribution >= 4 is 22.5 Å². The second-order valence-electron chi connectivity index (χ2n) is 6.84. The summed E-state index contributed by atoms with van der Waals surface area (Å²) < 4.78 is 1.82. The number of hydrogen-bond donors (Lipinski definition) is 1. The quantitative estimate of drug-likeness (QED) is 0.644. The largest absolute Gasteiger partial charge is 0.353 e. The summed E-state index contributed by atoms with van der Waals surface area (Å²) in [4.78, 5) is 25.0. The maximum Gasteiger partial charge on any atom is 0.270 e. The van der Waals surface area contributed by atoms with Crippen molar-refractivity contribution < 1.29 is 9.72 Å². The molecule has 1 aliphatic heterocycles. The molecule has 1 amide bonds. The van der Waals surface area contributed by atoms with Gasteiger partial charge >= 0.3 is 0 Å². The summed E-state index contributed by atoms with van der Waals surface area (Å²) in [7, 11) is 0. The number of hydrogen-bond acceptors (Lipinski definition) is 4. The van der Waals surface area contributed by atoms with Crippen molar-refractivity contribution in [2.75, 3.05) is 26.2 Å². The number of carbonyl (C=O) groups is 1. The zero-order valence-corrected chi connectivity index (χ0v) is 14.5. The summed E-state index contributed by atoms with van der Waals surface area (Å²) in [6.07, 6.45) is 4.32. The highest BCUT2D eigenvalue weighted by Gasteiger charge is 2.16. The van der Waals surface area contributed by atoms with Crippen LogP contribution in [0.1, 0.15) is 19.8 Å². The first-order valence-corrected chi connectivity index (χ1v) is 8.75. The van der Waals surface area contributed by atoms with Crippen molar-refractivity contribution in [3.8, 4) is 0 Å². The Balaban J connectivity index is 1.52. The Hall–Kier alpha value is -2.41. The molecule has 1 atom stereocenters. The molecule has 134 valence electrons. The third-order valence-corrected chi connectivity index (χ3v) is 4.77. The molecule has 7 nitrogen and oxygen atoms in total. The molecule has 1 aliphatic rings. The van der Waals surface area contributed by atoms with Gasteiger partial charge < -0.3 is 14.8 Å². The minimum absolute atomic E-state index is 0.0408. The Labute approximate surface area is 146 Å². The second kappa shape index (κ2) is 7.65. The standard InChI is InChI=1S/C18H24N4O3/c1-14-3-2-8-20(12-14)10-7-19-18(23)13-21-9-6-15-11-16(22(24)25)4-5-17(15)21/h4-6,9,11,14H,2-3,7-8,10,12-13H2,1H3,(H,19,23)/t14-/m1/s1. The van der Waals surface area contributed by atoms with E-state index in [4.69, 9.17) is 0 Å². The van der Waals surface area contributed by atoms with E-state index in [-0.39, 0.29) is 18.1 Å². The van der Waals surface area contributed by atoms with Gasteiger partial charge in [-0.3, -0.25) is 14.9 Å². The predicted molar refractivity (Wildman–Crippen MR) is 96.4 cm³/mol. The zero-order chi connectivity index (χ0) is 17.8. The van der Waals surface area contributed by atoms with Gasteiger partial charge in [0.2, 0.25) is 5.91 Å². The number of nitro benzene ring substituents is 1. The average molecular weight is 344 g/mol. The number of fused-ring (bicyclic) bond motifs is 1. The lowest BCUT2D eigenvalue weighted by Gasteiger charge is -2.30. The van der Waals surface area contributed by atoms with Crippen LogP contribution in [0.25, 0.3) is 10.9 Å². The molecule has 0 spiro atoms. The highest BCUT2D eigenvalue weighted by atomic mass is 16.6. The van der Waals surface area contributed by atoms with E-state index in [1.807, 2.05) is 4.57 Å². The Morgan fingerprint density at radius 1 is 1.40 bits per heavy atom. The molecule has 0 radical (unpaired) electrons. The van der Waals surface area contributed by atoms with Gasteiger partial charge in [0.15, 0.2) is 0 Å². The number of piperidine rings is 1. The van der Waals surface area contributed by atoms with Gasteiger partial charge in [-0.2, -0.15) is 0 Å². The molecule has 1 fully saturated rings. The van der Waals surface area contributed by atoms with Crippen LogP contribution >= 0.6 is 0 Å². The van der Waals surface area contributed by atoms with E-state index in [1.54, 1.807) is 18.3 Å². The van der Waals surface area contributed by atoms with Crippen molar-refractivity contribution in [2.24, 2.45) is 5.92 Å². The molecule has 1 N–H and O–H groups in total. The molecular weight excluding hydrogens is 320 g/mol. The van der Waals surface area contributed by atoms with E-state index in [1.165, 1.54) is 25.0 Å². The van der Waals surface area contributed by atoms with Gasteiger partial charge in [-0.15, -0.1) is 0 Å². The minimum atomic E-state index is -0.412. The predicted octanol–water partition coefficient (Wildman–Crippen LogP) is 2.40. The first kappa shape index (κ1) is 17.4. The number of benzene rings is 1. The molecule has 0 aliphatic carbocycles. The number of amides is 1. The maximum absolute atomic E-state index is 12.2. The van der Waals surface area contributed by atoms with Crippen LogP contribution in [0.15, 0.2) is 30.5 Å². The molecule has 0 saturated carbocycles. The summed E-state index contributed by atoms with van der Waals surface area (Å²) in [5.41, 5.74) is 0.885. The van der Waals surface area contributed by atoms with Crippen LogP contribution in [0.4, 0.5) is 5.69 Å². The third-order valence-electron chi connectivity index (χ3n) is 4.77. The summed E-state index contributed by atoms with van der Waals surface area (Å²) >= 11 is 0. The molecule has 1 aromatic carbocycles. The van der Waals surface area contributed by atoms with Gasteiger partial charge in [-0.25, -0.2) is 0 Å². The van der Waals surface area contributed by atoms with Crippen LogP contribution in [0, 0.1) is 16.0 Å². The Morgan fingerprint density at radius 3 is 3.00 bits per heavy atom. The number of non-ortho nitro benzene ring substituents is 1. The lowest BCUT2D eigenvalue weighted by atomic mass is 10.0. The smallest absolute Gasteiger partial charge is 0.270 e.